The quantitative estimate of drug-likeness (QED) is 0.861. The minimum absolute atomic E-state index is 0.363. The first-order chi connectivity index (χ1) is 9.56. The molecule has 0 saturated heterocycles. The number of nitrogens with zero attached hydrogens (tertiary/aromatic N) is 2. The minimum Gasteiger partial charge on any atom is -0.368 e. The lowest BCUT2D eigenvalue weighted by Gasteiger charge is -2.31. The van der Waals surface area contributed by atoms with Crippen LogP contribution in [0.4, 0.5) is 5.82 Å². The molecule has 0 unspecified atom stereocenters. The lowest BCUT2D eigenvalue weighted by molar-refractivity contribution is 0.252. The van der Waals surface area contributed by atoms with Gasteiger partial charge in [0.05, 0.1) is 5.56 Å². The molecule has 1 heterocycles. The Morgan fingerprint density at radius 2 is 2.15 bits per heavy atom. The molecule has 0 radical (unpaired) electrons. The molecule has 0 aliphatic heterocycles. The number of hydrogen-bond donors (Lipinski definition) is 1. The SMILES string of the molecule is CC(C)CC1(CNc2nccc(C#N)c2Cl)CCCC1. The van der Waals surface area contributed by atoms with Crippen molar-refractivity contribution in [3.63, 3.8) is 0 Å². The molecule has 0 atom stereocenters. The molecule has 1 fully saturated rings. The number of hydrogen-bond acceptors (Lipinski definition) is 3. The van der Waals surface area contributed by atoms with Gasteiger partial charge in [-0.1, -0.05) is 38.3 Å². The number of aromatic nitrogens is 1. The van der Waals surface area contributed by atoms with Crippen molar-refractivity contribution in [3.05, 3.63) is 22.8 Å². The molecular formula is C16H22ClN3. The van der Waals surface area contributed by atoms with E-state index in [4.69, 9.17) is 16.9 Å². The van der Waals surface area contributed by atoms with Crippen LogP contribution in [0.5, 0.6) is 0 Å². The van der Waals surface area contributed by atoms with Gasteiger partial charge in [0.1, 0.15) is 16.9 Å². The van der Waals surface area contributed by atoms with Crippen molar-refractivity contribution in [3.8, 4) is 6.07 Å². The topological polar surface area (TPSA) is 48.7 Å². The molecule has 1 aliphatic rings. The second kappa shape index (κ2) is 6.45. The second-order valence-electron chi connectivity index (χ2n) is 6.29. The van der Waals surface area contributed by atoms with E-state index in [-0.39, 0.29) is 0 Å². The Morgan fingerprint density at radius 1 is 1.45 bits per heavy atom. The fraction of sp³-hybridized carbons (Fsp3) is 0.625. The van der Waals surface area contributed by atoms with Crippen LogP contribution in [0.3, 0.4) is 0 Å². The highest BCUT2D eigenvalue weighted by atomic mass is 35.5. The Kier molecular flexibility index (Phi) is 4.88. The largest absolute Gasteiger partial charge is 0.368 e. The van der Waals surface area contributed by atoms with E-state index in [1.165, 1.54) is 32.1 Å². The lowest BCUT2D eigenvalue weighted by atomic mass is 9.78. The van der Waals surface area contributed by atoms with Crippen molar-refractivity contribution < 1.29 is 0 Å². The second-order valence-corrected chi connectivity index (χ2v) is 6.67. The fourth-order valence-corrected chi connectivity index (χ4v) is 3.59. The Balaban J connectivity index is 2.09. The maximum atomic E-state index is 9.00. The molecule has 2 rings (SSSR count). The van der Waals surface area contributed by atoms with E-state index >= 15 is 0 Å². The summed E-state index contributed by atoms with van der Waals surface area (Å²) in [5, 5.41) is 12.8. The van der Waals surface area contributed by atoms with Crippen molar-refractivity contribution in [2.24, 2.45) is 11.3 Å². The highest BCUT2D eigenvalue weighted by Gasteiger charge is 2.34. The maximum absolute atomic E-state index is 9.00. The molecule has 0 spiro atoms. The summed E-state index contributed by atoms with van der Waals surface area (Å²) in [6.07, 6.45) is 8.04. The van der Waals surface area contributed by atoms with Crippen LogP contribution in [0.1, 0.15) is 51.5 Å². The van der Waals surface area contributed by atoms with Crippen molar-refractivity contribution in [1.29, 1.82) is 5.26 Å². The van der Waals surface area contributed by atoms with E-state index in [1.54, 1.807) is 12.3 Å². The molecule has 108 valence electrons. The summed E-state index contributed by atoms with van der Waals surface area (Å²) in [5.74, 6) is 1.34. The Morgan fingerprint density at radius 3 is 2.75 bits per heavy atom. The lowest BCUT2D eigenvalue weighted by Crippen LogP contribution is -2.28. The molecule has 1 aromatic rings. The molecule has 20 heavy (non-hydrogen) atoms. The first-order valence-corrected chi connectivity index (χ1v) is 7.73. The van der Waals surface area contributed by atoms with Gasteiger partial charge >= 0.3 is 0 Å². The Labute approximate surface area is 126 Å². The van der Waals surface area contributed by atoms with Gasteiger partial charge in [-0.2, -0.15) is 5.26 Å². The number of anilines is 1. The summed E-state index contributed by atoms with van der Waals surface area (Å²) in [5.41, 5.74) is 0.843. The van der Waals surface area contributed by atoms with Crippen molar-refractivity contribution >= 4 is 17.4 Å². The summed E-state index contributed by atoms with van der Waals surface area (Å²) in [6.45, 7) is 5.45. The average molecular weight is 292 g/mol. The predicted octanol–water partition coefficient (Wildman–Crippen LogP) is 4.63. The predicted molar refractivity (Wildman–Crippen MR) is 82.8 cm³/mol. The zero-order chi connectivity index (χ0) is 14.6. The zero-order valence-electron chi connectivity index (χ0n) is 12.2. The number of halogens is 1. The summed E-state index contributed by atoms with van der Waals surface area (Å²) < 4.78 is 0. The van der Waals surface area contributed by atoms with Gasteiger partial charge in [0.15, 0.2) is 0 Å². The van der Waals surface area contributed by atoms with Crippen LogP contribution >= 0.6 is 11.6 Å². The molecule has 0 amide bonds. The summed E-state index contributed by atoms with van der Waals surface area (Å²) >= 11 is 6.20. The molecule has 1 aromatic heterocycles. The van der Waals surface area contributed by atoms with E-state index in [0.717, 1.165) is 6.54 Å². The van der Waals surface area contributed by atoms with Crippen LogP contribution in [0, 0.1) is 22.7 Å². The van der Waals surface area contributed by atoms with Crippen LogP contribution in [0.15, 0.2) is 12.3 Å². The van der Waals surface area contributed by atoms with Gasteiger partial charge in [-0.05, 0) is 36.7 Å². The third kappa shape index (κ3) is 3.43. The smallest absolute Gasteiger partial charge is 0.146 e. The van der Waals surface area contributed by atoms with Crippen molar-refractivity contribution in [2.45, 2.75) is 46.0 Å². The Bertz CT molecular complexity index is 499. The molecule has 0 aromatic carbocycles. The molecule has 1 saturated carbocycles. The van der Waals surface area contributed by atoms with Gasteiger partial charge in [-0.3, -0.25) is 0 Å². The van der Waals surface area contributed by atoms with E-state index in [1.807, 2.05) is 0 Å². The van der Waals surface area contributed by atoms with E-state index in [9.17, 15) is 0 Å². The van der Waals surface area contributed by atoms with Gasteiger partial charge in [0, 0.05) is 12.7 Å². The van der Waals surface area contributed by atoms with Gasteiger partial charge in [-0.25, -0.2) is 4.98 Å². The molecule has 0 bridgehead atoms. The summed E-state index contributed by atoms with van der Waals surface area (Å²) in [4.78, 5) is 4.26. The average Bonchev–Trinajstić information content (AvgIpc) is 2.85. The van der Waals surface area contributed by atoms with Crippen LogP contribution in [-0.2, 0) is 0 Å². The van der Waals surface area contributed by atoms with E-state index in [0.29, 0.717) is 27.7 Å². The third-order valence-corrected chi connectivity index (χ3v) is 4.53. The zero-order valence-corrected chi connectivity index (χ0v) is 13.0. The van der Waals surface area contributed by atoms with Gasteiger partial charge in [0.2, 0.25) is 0 Å². The third-order valence-electron chi connectivity index (χ3n) is 4.15. The molecule has 3 nitrogen and oxygen atoms in total. The molecule has 1 N–H and O–H groups in total. The highest BCUT2D eigenvalue weighted by molar-refractivity contribution is 6.34. The minimum atomic E-state index is 0.363. The number of nitriles is 1. The van der Waals surface area contributed by atoms with Crippen LogP contribution in [-0.4, -0.2) is 11.5 Å². The summed E-state index contributed by atoms with van der Waals surface area (Å²) in [6, 6.07) is 3.74. The molecule has 1 aliphatic carbocycles. The monoisotopic (exact) mass is 291 g/mol. The Hall–Kier alpha value is -1.27. The first-order valence-electron chi connectivity index (χ1n) is 7.35. The van der Waals surface area contributed by atoms with Crippen LogP contribution in [0.2, 0.25) is 5.02 Å². The summed E-state index contributed by atoms with van der Waals surface area (Å²) in [7, 11) is 0. The van der Waals surface area contributed by atoms with E-state index in [2.05, 4.69) is 30.2 Å². The standard InChI is InChI=1S/C16H22ClN3/c1-12(2)9-16(6-3-4-7-16)11-20-15-14(17)13(10-18)5-8-19-15/h5,8,12H,3-4,6-7,9,11H2,1-2H3,(H,19,20). The van der Waals surface area contributed by atoms with Crippen LogP contribution < -0.4 is 5.32 Å². The van der Waals surface area contributed by atoms with Crippen LogP contribution in [0.25, 0.3) is 0 Å². The van der Waals surface area contributed by atoms with Gasteiger partial charge in [0.25, 0.3) is 0 Å². The van der Waals surface area contributed by atoms with Gasteiger partial charge < -0.3 is 5.32 Å². The first kappa shape index (κ1) is 15.1. The number of rotatable bonds is 5. The number of pyridine rings is 1. The maximum Gasteiger partial charge on any atom is 0.146 e. The highest BCUT2D eigenvalue weighted by Crippen LogP contribution is 2.43. The van der Waals surface area contributed by atoms with Crippen molar-refractivity contribution in [1.82, 2.24) is 4.98 Å². The normalized spacial score (nSPS) is 17.1. The number of nitrogens with one attached hydrogen (secondary N) is 1. The van der Waals surface area contributed by atoms with E-state index < -0.39 is 0 Å². The van der Waals surface area contributed by atoms with Gasteiger partial charge in [-0.15, -0.1) is 0 Å². The van der Waals surface area contributed by atoms with Crippen molar-refractivity contribution in [2.75, 3.05) is 11.9 Å². The molecular weight excluding hydrogens is 270 g/mol. The fourth-order valence-electron chi connectivity index (χ4n) is 3.37. The molecule has 4 heteroatoms.